The van der Waals surface area contributed by atoms with Crippen LogP contribution in [0.1, 0.15) is 21.5 Å². The summed E-state index contributed by atoms with van der Waals surface area (Å²) in [4.78, 5) is 10.2. The molecular formula is C15H13BrFNO2. The first-order valence-electron chi connectivity index (χ1n) is 6.11. The van der Waals surface area contributed by atoms with E-state index >= 15 is 0 Å². The number of hydrogen-bond donors (Lipinski definition) is 0. The lowest BCUT2D eigenvalue weighted by atomic mass is 10.0. The fourth-order valence-electron chi connectivity index (χ4n) is 1.94. The summed E-state index contributed by atoms with van der Waals surface area (Å²) in [5, 5.41) is 10.6. The van der Waals surface area contributed by atoms with Crippen LogP contribution in [0.15, 0.2) is 42.5 Å². The molecule has 0 fully saturated rings. The maximum absolute atomic E-state index is 13.2. The van der Waals surface area contributed by atoms with Gasteiger partial charge in [0.25, 0.3) is 5.69 Å². The number of nitrogens with zero attached hydrogens (tertiary/aromatic N) is 1. The predicted octanol–water partition coefficient (Wildman–Crippen LogP) is 4.72. The number of non-ortho nitro benzene ring substituents is 1. The molecule has 5 heteroatoms. The summed E-state index contributed by atoms with van der Waals surface area (Å²) >= 11 is 3.57. The van der Waals surface area contributed by atoms with Gasteiger partial charge in [-0.25, -0.2) is 4.39 Å². The van der Waals surface area contributed by atoms with Gasteiger partial charge in [0.15, 0.2) is 0 Å². The third-order valence-corrected chi connectivity index (χ3v) is 3.96. The van der Waals surface area contributed by atoms with Gasteiger partial charge in [-0.05, 0) is 36.1 Å². The van der Waals surface area contributed by atoms with E-state index in [1.54, 1.807) is 31.2 Å². The first kappa shape index (κ1) is 14.7. The molecule has 20 heavy (non-hydrogen) atoms. The lowest BCUT2D eigenvalue weighted by Crippen LogP contribution is -1.97. The molecule has 2 rings (SSSR count). The van der Waals surface area contributed by atoms with Crippen molar-refractivity contribution in [1.29, 1.82) is 0 Å². The Morgan fingerprint density at radius 1 is 1.25 bits per heavy atom. The van der Waals surface area contributed by atoms with E-state index in [0.717, 1.165) is 11.1 Å². The summed E-state index contributed by atoms with van der Waals surface area (Å²) < 4.78 is 13.2. The minimum Gasteiger partial charge on any atom is -0.258 e. The maximum atomic E-state index is 13.2. The fraction of sp³-hybridized carbons (Fsp3) is 0.200. The summed E-state index contributed by atoms with van der Waals surface area (Å²) in [6, 6.07) is 11.5. The number of alkyl halides is 1. The van der Waals surface area contributed by atoms with E-state index in [9.17, 15) is 14.5 Å². The summed E-state index contributed by atoms with van der Waals surface area (Å²) in [6.45, 7) is 1.73. The second-order valence-electron chi connectivity index (χ2n) is 4.60. The molecule has 2 aromatic carbocycles. The van der Waals surface area contributed by atoms with Gasteiger partial charge in [-0.3, -0.25) is 10.1 Å². The van der Waals surface area contributed by atoms with E-state index < -0.39 is 4.92 Å². The number of aryl methyl sites for hydroxylation is 1. The Hall–Kier alpha value is -1.75. The van der Waals surface area contributed by atoms with E-state index in [0.29, 0.717) is 12.0 Å². The minimum absolute atomic E-state index is 0.0447. The Kier molecular flexibility index (Phi) is 4.49. The van der Waals surface area contributed by atoms with Gasteiger partial charge in [0, 0.05) is 17.0 Å². The molecule has 0 aromatic heterocycles. The Labute approximate surface area is 124 Å². The van der Waals surface area contributed by atoms with Gasteiger partial charge in [0.2, 0.25) is 0 Å². The predicted molar refractivity (Wildman–Crippen MR) is 79.6 cm³/mol. The molecule has 0 aliphatic heterocycles. The molecule has 0 bridgehead atoms. The second kappa shape index (κ2) is 6.13. The summed E-state index contributed by atoms with van der Waals surface area (Å²) in [5.74, 6) is -0.219. The van der Waals surface area contributed by atoms with Crippen LogP contribution in [0.25, 0.3) is 0 Å². The molecule has 3 nitrogen and oxygen atoms in total. The van der Waals surface area contributed by atoms with Crippen molar-refractivity contribution in [2.45, 2.75) is 18.2 Å². The summed E-state index contributed by atoms with van der Waals surface area (Å²) in [6.07, 6.45) is 0.684. The van der Waals surface area contributed by atoms with Gasteiger partial charge in [0.05, 0.1) is 4.92 Å². The van der Waals surface area contributed by atoms with Crippen LogP contribution in [0, 0.1) is 22.9 Å². The van der Waals surface area contributed by atoms with E-state index in [1.807, 2.05) is 0 Å². The molecule has 1 unspecified atom stereocenters. The van der Waals surface area contributed by atoms with Crippen molar-refractivity contribution < 1.29 is 9.31 Å². The van der Waals surface area contributed by atoms with Crippen molar-refractivity contribution in [3.8, 4) is 0 Å². The molecule has 0 radical (unpaired) electrons. The molecule has 104 valence electrons. The monoisotopic (exact) mass is 337 g/mol. The maximum Gasteiger partial charge on any atom is 0.269 e. The molecule has 2 aromatic rings. The first-order chi connectivity index (χ1) is 9.47. The summed E-state index contributed by atoms with van der Waals surface area (Å²) in [7, 11) is 0. The number of halogens is 2. The minimum atomic E-state index is -0.418. The van der Waals surface area contributed by atoms with Crippen LogP contribution < -0.4 is 0 Å². The zero-order chi connectivity index (χ0) is 14.7. The third-order valence-electron chi connectivity index (χ3n) is 3.11. The highest BCUT2D eigenvalue weighted by molar-refractivity contribution is 9.09. The van der Waals surface area contributed by atoms with Crippen molar-refractivity contribution in [3.05, 3.63) is 75.1 Å². The average Bonchev–Trinajstić information content (AvgIpc) is 2.42. The standard InChI is InChI=1S/C15H13BrFNO2/c1-10-8-12(4-7-15(10)17)14(16)9-11-2-5-13(6-3-11)18(19)20/h2-8,14H,9H2,1H3. The van der Waals surface area contributed by atoms with Gasteiger partial charge in [-0.1, -0.05) is 40.2 Å². The quantitative estimate of drug-likeness (QED) is 0.460. The molecule has 1 atom stereocenters. The van der Waals surface area contributed by atoms with Crippen LogP contribution in [0.2, 0.25) is 0 Å². The zero-order valence-electron chi connectivity index (χ0n) is 10.8. The van der Waals surface area contributed by atoms with Crippen LogP contribution in [-0.4, -0.2) is 4.92 Å². The van der Waals surface area contributed by atoms with E-state index in [1.165, 1.54) is 18.2 Å². The van der Waals surface area contributed by atoms with Gasteiger partial charge >= 0.3 is 0 Å². The highest BCUT2D eigenvalue weighted by Gasteiger charge is 2.11. The molecule has 0 saturated heterocycles. The molecular weight excluding hydrogens is 325 g/mol. The highest BCUT2D eigenvalue weighted by atomic mass is 79.9. The van der Waals surface area contributed by atoms with E-state index in [-0.39, 0.29) is 16.3 Å². The largest absolute Gasteiger partial charge is 0.269 e. The molecule has 0 saturated carbocycles. The van der Waals surface area contributed by atoms with Crippen molar-refractivity contribution in [3.63, 3.8) is 0 Å². The molecule has 0 N–H and O–H groups in total. The summed E-state index contributed by atoms with van der Waals surface area (Å²) in [5.41, 5.74) is 2.66. The average molecular weight is 338 g/mol. The van der Waals surface area contributed by atoms with Gasteiger partial charge < -0.3 is 0 Å². The normalized spacial score (nSPS) is 12.2. The van der Waals surface area contributed by atoms with Crippen LogP contribution in [0.5, 0.6) is 0 Å². The molecule has 0 aliphatic rings. The fourth-order valence-corrected chi connectivity index (χ4v) is 2.60. The molecule has 0 amide bonds. The Morgan fingerprint density at radius 2 is 1.90 bits per heavy atom. The lowest BCUT2D eigenvalue weighted by molar-refractivity contribution is -0.384. The third kappa shape index (κ3) is 3.42. The topological polar surface area (TPSA) is 43.1 Å². The highest BCUT2D eigenvalue weighted by Crippen LogP contribution is 2.28. The lowest BCUT2D eigenvalue weighted by Gasteiger charge is -2.11. The zero-order valence-corrected chi connectivity index (χ0v) is 12.4. The Bertz CT molecular complexity index is 628. The molecule has 0 heterocycles. The van der Waals surface area contributed by atoms with Crippen LogP contribution >= 0.6 is 15.9 Å². The van der Waals surface area contributed by atoms with Crippen molar-refractivity contribution in [1.82, 2.24) is 0 Å². The Morgan fingerprint density at radius 3 is 2.45 bits per heavy atom. The molecule has 0 spiro atoms. The number of hydrogen-bond acceptors (Lipinski definition) is 2. The van der Waals surface area contributed by atoms with Crippen LogP contribution in [0.3, 0.4) is 0 Å². The van der Waals surface area contributed by atoms with Gasteiger partial charge in [0.1, 0.15) is 5.82 Å². The van der Waals surface area contributed by atoms with Crippen molar-refractivity contribution >= 4 is 21.6 Å². The van der Waals surface area contributed by atoms with E-state index in [2.05, 4.69) is 15.9 Å². The number of nitro groups is 1. The smallest absolute Gasteiger partial charge is 0.258 e. The van der Waals surface area contributed by atoms with Gasteiger partial charge in [-0.2, -0.15) is 0 Å². The van der Waals surface area contributed by atoms with E-state index in [4.69, 9.17) is 0 Å². The SMILES string of the molecule is Cc1cc(C(Br)Cc2ccc([N+](=O)[O-])cc2)ccc1F. The first-order valence-corrected chi connectivity index (χ1v) is 7.02. The Balaban J connectivity index is 2.12. The van der Waals surface area contributed by atoms with Crippen molar-refractivity contribution in [2.24, 2.45) is 0 Å². The van der Waals surface area contributed by atoms with Crippen LogP contribution in [0.4, 0.5) is 10.1 Å². The van der Waals surface area contributed by atoms with Crippen LogP contribution in [-0.2, 0) is 6.42 Å². The number of rotatable bonds is 4. The number of nitro benzene ring substituents is 1. The molecule has 0 aliphatic carbocycles. The van der Waals surface area contributed by atoms with Gasteiger partial charge in [-0.15, -0.1) is 0 Å². The number of benzene rings is 2. The van der Waals surface area contributed by atoms with Crippen molar-refractivity contribution in [2.75, 3.05) is 0 Å². The second-order valence-corrected chi connectivity index (χ2v) is 5.71.